The highest BCUT2D eigenvalue weighted by molar-refractivity contribution is 5.76. The molecule has 0 unspecified atom stereocenters. The fourth-order valence-corrected chi connectivity index (χ4v) is 5.71. The van der Waals surface area contributed by atoms with Gasteiger partial charge in [0.25, 0.3) is 0 Å². The molecule has 0 atom stereocenters. The fourth-order valence-electron chi connectivity index (χ4n) is 5.71. The van der Waals surface area contributed by atoms with Crippen LogP contribution in [0.3, 0.4) is 0 Å². The number of aromatic nitrogens is 1. The van der Waals surface area contributed by atoms with E-state index in [4.69, 9.17) is 0 Å². The van der Waals surface area contributed by atoms with Crippen LogP contribution in [0.25, 0.3) is 11.1 Å². The number of rotatable bonds is 13. The SMILES string of the molecule is CCN(CC)CCN(Cc1ccc(-c2ccccc2)c(C(F)(F)F)c1)C(=O)Cn1c(CCc2cccc(F)c2F)cc(=O)c(C)c1C. The number of carbonyl (C=O) groups excluding carboxylic acids is 1. The number of alkyl halides is 3. The van der Waals surface area contributed by atoms with Crippen molar-refractivity contribution in [1.82, 2.24) is 14.4 Å². The molecule has 0 aliphatic rings. The first-order valence-corrected chi connectivity index (χ1v) is 15.7. The average Bonchev–Trinajstić information content (AvgIpc) is 3.05. The van der Waals surface area contributed by atoms with Crippen molar-refractivity contribution in [2.45, 2.75) is 59.8 Å². The van der Waals surface area contributed by atoms with Gasteiger partial charge in [0.15, 0.2) is 17.1 Å². The van der Waals surface area contributed by atoms with Crippen molar-refractivity contribution < 1.29 is 26.7 Å². The van der Waals surface area contributed by atoms with Gasteiger partial charge in [-0.05, 0) is 74.2 Å². The van der Waals surface area contributed by atoms with E-state index in [2.05, 4.69) is 4.90 Å². The zero-order valence-electron chi connectivity index (χ0n) is 27.1. The highest BCUT2D eigenvalue weighted by Gasteiger charge is 2.34. The molecule has 4 rings (SSSR count). The summed E-state index contributed by atoms with van der Waals surface area (Å²) in [4.78, 5) is 30.4. The number of halogens is 5. The third kappa shape index (κ3) is 8.74. The van der Waals surface area contributed by atoms with Gasteiger partial charge in [-0.3, -0.25) is 9.59 Å². The monoisotopic (exact) mass is 653 g/mol. The molecule has 0 bridgehead atoms. The van der Waals surface area contributed by atoms with Crippen LogP contribution in [-0.4, -0.2) is 46.5 Å². The average molecular weight is 654 g/mol. The molecule has 0 spiro atoms. The van der Waals surface area contributed by atoms with Crippen LogP contribution >= 0.6 is 0 Å². The minimum Gasteiger partial charge on any atom is -0.339 e. The maximum absolute atomic E-state index is 14.4. The van der Waals surface area contributed by atoms with Crippen molar-refractivity contribution >= 4 is 5.91 Å². The summed E-state index contributed by atoms with van der Waals surface area (Å²) in [6, 6.07) is 17.8. The number of pyridine rings is 1. The number of hydrogen-bond donors (Lipinski definition) is 0. The summed E-state index contributed by atoms with van der Waals surface area (Å²) >= 11 is 0. The Morgan fingerprint density at radius 1 is 0.851 bits per heavy atom. The Labute approximate surface area is 272 Å². The van der Waals surface area contributed by atoms with Gasteiger partial charge in [-0.15, -0.1) is 0 Å². The molecule has 0 saturated carbocycles. The number of carbonyl (C=O) groups is 1. The fraction of sp³-hybridized carbons (Fsp3) is 0.351. The van der Waals surface area contributed by atoms with Crippen LogP contribution < -0.4 is 5.43 Å². The molecular formula is C37H40F5N3O2. The van der Waals surface area contributed by atoms with E-state index in [9.17, 15) is 31.5 Å². The highest BCUT2D eigenvalue weighted by atomic mass is 19.4. The second-order valence-corrected chi connectivity index (χ2v) is 11.6. The molecule has 1 heterocycles. The Morgan fingerprint density at radius 3 is 2.21 bits per heavy atom. The molecule has 1 amide bonds. The maximum Gasteiger partial charge on any atom is 0.417 e. The van der Waals surface area contributed by atoms with Gasteiger partial charge in [0.1, 0.15) is 6.54 Å². The van der Waals surface area contributed by atoms with Crippen molar-refractivity contribution in [3.8, 4) is 11.1 Å². The molecule has 0 aliphatic heterocycles. The number of amides is 1. The van der Waals surface area contributed by atoms with Crippen LogP contribution in [-0.2, 0) is 36.9 Å². The van der Waals surface area contributed by atoms with E-state index in [1.165, 1.54) is 24.3 Å². The summed E-state index contributed by atoms with van der Waals surface area (Å²) in [6.45, 7) is 9.38. The lowest BCUT2D eigenvalue weighted by Crippen LogP contribution is -2.40. The summed E-state index contributed by atoms with van der Waals surface area (Å²) in [7, 11) is 0. The van der Waals surface area contributed by atoms with Crippen LogP contribution in [0.2, 0.25) is 0 Å². The van der Waals surface area contributed by atoms with E-state index in [0.717, 1.165) is 25.2 Å². The standard InChI is InChI=1S/C37H40F5N3O2/c1-5-43(6-2)19-20-44(23-27-15-18-31(28-11-8-7-9-12-28)32(21-27)37(40,41)42)35(47)24-45-26(4)25(3)34(46)22-30(45)17-16-29-13-10-14-33(38)36(29)39/h7-15,18,21-22H,5-6,16-17,19-20,23-24H2,1-4H3. The molecule has 0 aliphatic carbocycles. The molecule has 4 aromatic rings. The quantitative estimate of drug-likeness (QED) is 0.140. The molecule has 5 nitrogen and oxygen atoms in total. The first-order valence-electron chi connectivity index (χ1n) is 15.7. The summed E-state index contributed by atoms with van der Waals surface area (Å²) < 4.78 is 72.8. The third-order valence-electron chi connectivity index (χ3n) is 8.72. The molecule has 0 fully saturated rings. The van der Waals surface area contributed by atoms with Crippen molar-refractivity contribution in [2.24, 2.45) is 0 Å². The minimum absolute atomic E-state index is 0.0552. The lowest BCUT2D eigenvalue weighted by Gasteiger charge is -2.28. The van der Waals surface area contributed by atoms with Crippen molar-refractivity contribution in [3.05, 3.63) is 128 Å². The van der Waals surface area contributed by atoms with Gasteiger partial charge in [0.05, 0.1) is 5.56 Å². The minimum atomic E-state index is -4.61. The number of nitrogens with zero attached hydrogens (tertiary/aromatic N) is 3. The number of benzene rings is 3. The van der Waals surface area contributed by atoms with Crippen molar-refractivity contribution in [1.29, 1.82) is 0 Å². The molecule has 0 N–H and O–H groups in total. The Morgan fingerprint density at radius 2 is 1.55 bits per heavy atom. The molecule has 0 radical (unpaired) electrons. The smallest absolute Gasteiger partial charge is 0.339 e. The topological polar surface area (TPSA) is 45.5 Å². The van der Waals surface area contributed by atoms with E-state index in [1.54, 1.807) is 59.7 Å². The van der Waals surface area contributed by atoms with E-state index in [0.29, 0.717) is 34.6 Å². The highest BCUT2D eigenvalue weighted by Crippen LogP contribution is 2.38. The van der Waals surface area contributed by atoms with Crippen molar-refractivity contribution in [3.63, 3.8) is 0 Å². The predicted octanol–water partition coefficient (Wildman–Crippen LogP) is 7.58. The Kier molecular flexibility index (Phi) is 11.7. The Bertz CT molecular complexity index is 1750. The number of hydrogen-bond acceptors (Lipinski definition) is 3. The van der Waals surface area contributed by atoms with E-state index >= 15 is 0 Å². The zero-order chi connectivity index (χ0) is 34.3. The number of likely N-dealkylation sites (N-methyl/N-ethyl adjacent to an activating group) is 1. The second-order valence-electron chi connectivity index (χ2n) is 11.6. The zero-order valence-corrected chi connectivity index (χ0v) is 27.1. The van der Waals surface area contributed by atoms with Crippen LogP contribution in [0.15, 0.2) is 77.6 Å². The first kappa shape index (κ1) is 35.5. The molecule has 47 heavy (non-hydrogen) atoms. The van der Waals surface area contributed by atoms with Gasteiger partial charge in [-0.25, -0.2) is 8.78 Å². The summed E-state index contributed by atoms with van der Waals surface area (Å²) in [6.07, 6.45) is -4.35. The molecule has 1 aromatic heterocycles. The predicted molar refractivity (Wildman–Crippen MR) is 174 cm³/mol. The van der Waals surface area contributed by atoms with E-state index < -0.39 is 23.4 Å². The van der Waals surface area contributed by atoms with E-state index in [1.807, 2.05) is 13.8 Å². The van der Waals surface area contributed by atoms with E-state index in [-0.39, 0.29) is 54.9 Å². The summed E-state index contributed by atoms with van der Waals surface area (Å²) in [5.41, 5.74) is 1.43. The van der Waals surface area contributed by atoms with Crippen LogP contribution in [0.1, 0.15) is 47.5 Å². The molecule has 3 aromatic carbocycles. The largest absolute Gasteiger partial charge is 0.417 e. The molecule has 10 heteroatoms. The van der Waals surface area contributed by atoms with Gasteiger partial charge >= 0.3 is 6.18 Å². The maximum atomic E-state index is 14.4. The summed E-state index contributed by atoms with van der Waals surface area (Å²) in [5.74, 6) is -2.27. The Balaban J connectivity index is 1.67. The molecule has 0 saturated heterocycles. The third-order valence-corrected chi connectivity index (χ3v) is 8.72. The lowest BCUT2D eigenvalue weighted by molar-refractivity contribution is -0.137. The lowest BCUT2D eigenvalue weighted by atomic mass is 9.97. The second kappa shape index (κ2) is 15.5. The van der Waals surface area contributed by atoms with Crippen LogP contribution in [0.5, 0.6) is 0 Å². The van der Waals surface area contributed by atoms with Crippen LogP contribution in [0, 0.1) is 25.5 Å². The van der Waals surface area contributed by atoms with Gasteiger partial charge in [-0.1, -0.05) is 68.4 Å². The van der Waals surface area contributed by atoms with Gasteiger partial charge < -0.3 is 14.4 Å². The summed E-state index contributed by atoms with van der Waals surface area (Å²) in [5, 5.41) is 0. The first-order chi connectivity index (χ1) is 22.3. The van der Waals surface area contributed by atoms with Gasteiger partial charge in [0, 0.05) is 42.7 Å². The van der Waals surface area contributed by atoms with Gasteiger partial charge in [-0.2, -0.15) is 13.2 Å². The van der Waals surface area contributed by atoms with Crippen LogP contribution in [0.4, 0.5) is 22.0 Å². The molecular weight excluding hydrogens is 613 g/mol. The normalized spacial score (nSPS) is 11.7. The van der Waals surface area contributed by atoms with Crippen molar-refractivity contribution in [2.75, 3.05) is 26.2 Å². The number of aryl methyl sites for hydroxylation is 2. The van der Waals surface area contributed by atoms with Gasteiger partial charge in [0.2, 0.25) is 5.91 Å². The molecule has 250 valence electrons. The Hall–Kier alpha value is -4.31.